The summed E-state index contributed by atoms with van der Waals surface area (Å²) in [5.74, 6) is 1.32. The summed E-state index contributed by atoms with van der Waals surface area (Å²) in [5.41, 5.74) is 0. The maximum Gasteiger partial charge on any atom is 0.249 e. The van der Waals surface area contributed by atoms with E-state index in [2.05, 4.69) is 10.1 Å². The van der Waals surface area contributed by atoms with E-state index in [4.69, 9.17) is 4.52 Å². The third-order valence-electron chi connectivity index (χ3n) is 5.28. The standard InChI is InChI=1S/C18H22N4O3S/c1-11-3-4-15(26-11)16-19-17(25-20-16)14-7-10-22(14)18(24)13-5-8-21(9-6-13)12(2)23/h3-4,13-14H,5-10H2,1-2H3/t14-/m0/s1. The zero-order valence-corrected chi connectivity index (χ0v) is 15.8. The zero-order valence-electron chi connectivity index (χ0n) is 15.0. The number of likely N-dealkylation sites (tertiary alicyclic amines) is 2. The van der Waals surface area contributed by atoms with E-state index < -0.39 is 0 Å². The van der Waals surface area contributed by atoms with Crippen molar-refractivity contribution in [3.8, 4) is 10.7 Å². The highest BCUT2D eigenvalue weighted by Crippen LogP contribution is 2.36. The Hall–Kier alpha value is -2.22. The molecule has 2 saturated heterocycles. The van der Waals surface area contributed by atoms with Gasteiger partial charge in [-0.3, -0.25) is 9.59 Å². The van der Waals surface area contributed by atoms with Gasteiger partial charge in [-0.2, -0.15) is 4.98 Å². The molecule has 2 aromatic heterocycles. The molecule has 0 radical (unpaired) electrons. The molecule has 2 aromatic rings. The molecule has 2 aliphatic rings. The molecule has 2 amide bonds. The summed E-state index contributed by atoms with van der Waals surface area (Å²) in [7, 11) is 0. The molecular formula is C18H22N4O3S. The third-order valence-corrected chi connectivity index (χ3v) is 6.28. The van der Waals surface area contributed by atoms with Crippen molar-refractivity contribution in [2.24, 2.45) is 5.92 Å². The molecule has 4 rings (SSSR count). The van der Waals surface area contributed by atoms with Crippen molar-refractivity contribution in [1.82, 2.24) is 19.9 Å². The van der Waals surface area contributed by atoms with Crippen molar-refractivity contribution >= 4 is 23.2 Å². The van der Waals surface area contributed by atoms with E-state index in [0.29, 0.717) is 24.8 Å². The number of thiophene rings is 1. The number of carbonyl (C=O) groups is 2. The Morgan fingerprint density at radius 1 is 1.19 bits per heavy atom. The number of hydrogen-bond donors (Lipinski definition) is 0. The number of aromatic nitrogens is 2. The van der Waals surface area contributed by atoms with Crippen LogP contribution < -0.4 is 0 Å². The SMILES string of the molecule is CC(=O)N1CCC(C(=O)N2CC[C@H]2c2nc(-c3ccc(C)s3)no2)CC1. The molecule has 2 fully saturated rings. The summed E-state index contributed by atoms with van der Waals surface area (Å²) >= 11 is 1.63. The van der Waals surface area contributed by atoms with Gasteiger partial charge in [0.1, 0.15) is 6.04 Å². The molecule has 8 heteroatoms. The van der Waals surface area contributed by atoms with Gasteiger partial charge >= 0.3 is 0 Å². The highest BCUT2D eigenvalue weighted by Gasteiger charge is 2.41. The first-order valence-corrected chi connectivity index (χ1v) is 9.81. The average molecular weight is 374 g/mol. The van der Waals surface area contributed by atoms with Crippen LogP contribution in [0.1, 0.15) is 43.0 Å². The molecule has 0 spiro atoms. The smallest absolute Gasteiger partial charge is 0.249 e. The predicted molar refractivity (Wildman–Crippen MR) is 96.4 cm³/mol. The van der Waals surface area contributed by atoms with E-state index in [1.54, 1.807) is 18.3 Å². The van der Waals surface area contributed by atoms with E-state index in [1.807, 2.05) is 28.9 Å². The molecule has 2 aliphatic heterocycles. The molecule has 26 heavy (non-hydrogen) atoms. The Morgan fingerprint density at radius 2 is 1.96 bits per heavy atom. The Balaban J connectivity index is 1.41. The van der Waals surface area contributed by atoms with Gasteiger partial charge in [-0.15, -0.1) is 11.3 Å². The number of carbonyl (C=O) groups excluding carboxylic acids is 2. The molecule has 1 atom stereocenters. The van der Waals surface area contributed by atoms with Crippen molar-refractivity contribution < 1.29 is 14.1 Å². The van der Waals surface area contributed by atoms with E-state index in [-0.39, 0.29) is 23.8 Å². The van der Waals surface area contributed by atoms with Crippen LogP contribution in [-0.4, -0.2) is 51.4 Å². The molecular weight excluding hydrogens is 352 g/mol. The minimum Gasteiger partial charge on any atom is -0.343 e. The highest BCUT2D eigenvalue weighted by molar-refractivity contribution is 7.15. The lowest BCUT2D eigenvalue weighted by molar-refractivity contribution is -0.148. The van der Waals surface area contributed by atoms with E-state index >= 15 is 0 Å². The number of aryl methyl sites for hydroxylation is 1. The van der Waals surface area contributed by atoms with Crippen LogP contribution in [0.2, 0.25) is 0 Å². The minimum absolute atomic E-state index is 0.0178. The Kier molecular flexibility index (Phi) is 4.52. The van der Waals surface area contributed by atoms with E-state index in [0.717, 1.165) is 30.7 Å². The normalized spacial score (nSPS) is 20.9. The summed E-state index contributed by atoms with van der Waals surface area (Å²) in [6.07, 6.45) is 2.31. The lowest BCUT2D eigenvalue weighted by Crippen LogP contribution is -2.50. The second-order valence-electron chi connectivity index (χ2n) is 6.98. The number of hydrogen-bond acceptors (Lipinski definition) is 6. The van der Waals surface area contributed by atoms with Gasteiger partial charge in [0, 0.05) is 37.4 Å². The maximum atomic E-state index is 12.9. The van der Waals surface area contributed by atoms with Crippen molar-refractivity contribution in [3.63, 3.8) is 0 Å². The molecule has 7 nitrogen and oxygen atoms in total. The fourth-order valence-corrected chi connectivity index (χ4v) is 4.40. The Morgan fingerprint density at radius 3 is 2.54 bits per heavy atom. The van der Waals surface area contributed by atoms with Crippen LogP contribution in [0.4, 0.5) is 0 Å². The summed E-state index contributed by atoms with van der Waals surface area (Å²) in [4.78, 5) is 34.6. The third kappa shape index (κ3) is 3.13. The van der Waals surface area contributed by atoms with Crippen LogP contribution in [0.3, 0.4) is 0 Å². The summed E-state index contributed by atoms with van der Waals surface area (Å²) in [6, 6.07) is 3.90. The number of piperidine rings is 1. The first kappa shape index (κ1) is 17.2. The number of nitrogens with zero attached hydrogens (tertiary/aromatic N) is 4. The predicted octanol–water partition coefficient (Wildman–Crippen LogP) is 2.64. The fraction of sp³-hybridized carbons (Fsp3) is 0.556. The minimum atomic E-state index is -0.115. The molecule has 0 unspecified atom stereocenters. The van der Waals surface area contributed by atoms with Gasteiger partial charge in [0.2, 0.25) is 23.5 Å². The molecule has 0 N–H and O–H groups in total. The number of rotatable bonds is 3. The van der Waals surface area contributed by atoms with Gasteiger partial charge in [0.25, 0.3) is 0 Å². The quantitative estimate of drug-likeness (QED) is 0.825. The zero-order chi connectivity index (χ0) is 18.3. The van der Waals surface area contributed by atoms with Gasteiger partial charge in [-0.05, 0) is 38.3 Å². The lowest BCUT2D eigenvalue weighted by atomic mass is 9.91. The second-order valence-corrected chi connectivity index (χ2v) is 8.27. The van der Waals surface area contributed by atoms with E-state index in [1.165, 1.54) is 4.88 Å². The molecule has 138 valence electrons. The Labute approximate surface area is 156 Å². The fourth-order valence-electron chi connectivity index (χ4n) is 3.61. The molecule has 0 saturated carbocycles. The van der Waals surface area contributed by atoms with Gasteiger partial charge in [0.05, 0.1) is 4.88 Å². The van der Waals surface area contributed by atoms with Crippen LogP contribution in [0.25, 0.3) is 10.7 Å². The van der Waals surface area contributed by atoms with Crippen LogP contribution in [0, 0.1) is 12.8 Å². The Bertz CT molecular complexity index is 822. The van der Waals surface area contributed by atoms with Gasteiger partial charge in [0.15, 0.2) is 0 Å². The highest BCUT2D eigenvalue weighted by atomic mass is 32.1. The summed E-state index contributed by atoms with van der Waals surface area (Å²) in [5, 5.41) is 4.08. The van der Waals surface area contributed by atoms with Gasteiger partial charge in [-0.25, -0.2) is 0 Å². The molecule has 4 heterocycles. The molecule has 0 bridgehead atoms. The summed E-state index contributed by atoms with van der Waals surface area (Å²) < 4.78 is 5.45. The van der Waals surface area contributed by atoms with Crippen molar-refractivity contribution in [2.45, 2.75) is 39.2 Å². The van der Waals surface area contributed by atoms with E-state index in [9.17, 15) is 9.59 Å². The average Bonchev–Trinajstić information content (AvgIpc) is 3.23. The van der Waals surface area contributed by atoms with Crippen molar-refractivity contribution in [1.29, 1.82) is 0 Å². The van der Waals surface area contributed by atoms with Crippen molar-refractivity contribution in [2.75, 3.05) is 19.6 Å². The van der Waals surface area contributed by atoms with Gasteiger partial charge in [-0.1, -0.05) is 5.16 Å². The first-order valence-electron chi connectivity index (χ1n) is 8.99. The first-order chi connectivity index (χ1) is 12.5. The largest absolute Gasteiger partial charge is 0.343 e. The topological polar surface area (TPSA) is 79.5 Å². The van der Waals surface area contributed by atoms with Crippen LogP contribution in [0.5, 0.6) is 0 Å². The monoisotopic (exact) mass is 374 g/mol. The maximum absolute atomic E-state index is 12.9. The lowest BCUT2D eigenvalue weighted by Gasteiger charge is -2.42. The second kappa shape index (κ2) is 6.83. The van der Waals surface area contributed by atoms with Gasteiger partial charge < -0.3 is 14.3 Å². The van der Waals surface area contributed by atoms with Crippen LogP contribution in [0.15, 0.2) is 16.7 Å². The van der Waals surface area contributed by atoms with Crippen molar-refractivity contribution in [3.05, 3.63) is 22.9 Å². The van der Waals surface area contributed by atoms with Crippen LogP contribution in [-0.2, 0) is 9.59 Å². The number of amides is 2. The molecule has 0 aromatic carbocycles. The molecule has 0 aliphatic carbocycles. The summed E-state index contributed by atoms with van der Waals surface area (Å²) in [6.45, 7) is 5.67. The van der Waals surface area contributed by atoms with Crippen LogP contribution >= 0.6 is 11.3 Å².